The molecule has 0 saturated carbocycles. The number of amides is 1. The van der Waals surface area contributed by atoms with Gasteiger partial charge in [0, 0.05) is 17.3 Å². The minimum Gasteiger partial charge on any atom is -0.359 e. The quantitative estimate of drug-likeness (QED) is 0.772. The molecule has 2 aromatic carbocycles. The van der Waals surface area contributed by atoms with Crippen molar-refractivity contribution in [2.75, 3.05) is 18.4 Å². The largest absolute Gasteiger partial charge is 0.359 e. The van der Waals surface area contributed by atoms with Crippen LogP contribution in [0.25, 0.3) is 11.3 Å². The second kappa shape index (κ2) is 6.35. The van der Waals surface area contributed by atoms with Crippen LogP contribution in [0.15, 0.2) is 65.2 Å². The summed E-state index contributed by atoms with van der Waals surface area (Å²) < 4.78 is 5.55. The molecule has 1 spiro atoms. The van der Waals surface area contributed by atoms with Crippen LogP contribution in [0.2, 0.25) is 0 Å². The Labute approximate surface area is 158 Å². The Kier molecular flexibility index (Phi) is 3.83. The van der Waals surface area contributed by atoms with Crippen molar-refractivity contribution < 1.29 is 9.32 Å². The van der Waals surface area contributed by atoms with Gasteiger partial charge in [0.1, 0.15) is 5.69 Å². The maximum absolute atomic E-state index is 12.7. The molecule has 1 saturated heterocycles. The zero-order chi connectivity index (χ0) is 18.3. The number of rotatable bonds is 3. The summed E-state index contributed by atoms with van der Waals surface area (Å²) in [7, 11) is 0. The van der Waals surface area contributed by atoms with Crippen molar-refractivity contribution in [2.45, 2.75) is 24.8 Å². The first-order valence-corrected chi connectivity index (χ1v) is 9.39. The summed E-state index contributed by atoms with van der Waals surface area (Å²) in [6.07, 6.45) is 1.66. The van der Waals surface area contributed by atoms with Crippen molar-refractivity contribution >= 4 is 11.6 Å². The van der Waals surface area contributed by atoms with Gasteiger partial charge in [-0.1, -0.05) is 53.7 Å². The van der Waals surface area contributed by atoms with Crippen LogP contribution in [-0.4, -0.2) is 29.1 Å². The number of carbonyl (C=O) groups excluding carboxylic acids is 1. The van der Waals surface area contributed by atoms with Gasteiger partial charge in [-0.2, -0.15) is 0 Å². The van der Waals surface area contributed by atoms with E-state index >= 15 is 0 Å². The van der Waals surface area contributed by atoms with E-state index < -0.39 is 0 Å². The molecule has 0 unspecified atom stereocenters. The molecule has 5 rings (SSSR count). The lowest BCUT2D eigenvalue weighted by Crippen LogP contribution is -2.46. The number of anilines is 1. The van der Waals surface area contributed by atoms with Crippen molar-refractivity contribution in [1.29, 1.82) is 0 Å². The normalized spacial score (nSPS) is 18.4. The molecule has 2 aliphatic rings. The van der Waals surface area contributed by atoms with Gasteiger partial charge in [-0.15, -0.1) is 0 Å². The molecule has 0 atom stereocenters. The van der Waals surface area contributed by atoms with E-state index in [9.17, 15) is 4.79 Å². The standard InChI is InChI=1S/C22H21N3O2/c26-21-22(18-8-4-5-9-19(18)23-21)10-12-25(13-11-22)15-17-14-20(24-27-17)16-6-2-1-3-7-16/h1-9,14H,10-13,15H2,(H,23,26). The number of likely N-dealkylation sites (tertiary alicyclic amines) is 1. The molecule has 3 aromatic rings. The van der Waals surface area contributed by atoms with Gasteiger partial charge in [-0.25, -0.2) is 0 Å². The lowest BCUT2D eigenvalue weighted by Gasteiger charge is -2.37. The first kappa shape index (κ1) is 16.3. The number of hydrogen-bond acceptors (Lipinski definition) is 4. The molecule has 0 bridgehead atoms. The third kappa shape index (κ3) is 2.75. The Morgan fingerprint density at radius 2 is 1.78 bits per heavy atom. The Bertz CT molecular complexity index is 972. The number of benzene rings is 2. The fraction of sp³-hybridized carbons (Fsp3) is 0.273. The zero-order valence-corrected chi connectivity index (χ0v) is 15.0. The summed E-state index contributed by atoms with van der Waals surface area (Å²) >= 11 is 0. The van der Waals surface area contributed by atoms with Crippen LogP contribution in [-0.2, 0) is 16.8 Å². The topological polar surface area (TPSA) is 58.4 Å². The van der Waals surface area contributed by atoms with E-state index in [1.165, 1.54) is 0 Å². The van der Waals surface area contributed by atoms with Crippen molar-refractivity contribution in [2.24, 2.45) is 0 Å². The van der Waals surface area contributed by atoms with Gasteiger partial charge in [-0.3, -0.25) is 9.69 Å². The maximum atomic E-state index is 12.7. The number of aromatic nitrogens is 1. The van der Waals surface area contributed by atoms with Gasteiger partial charge in [-0.05, 0) is 37.6 Å². The van der Waals surface area contributed by atoms with Gasteiger partial charge in [0.15, 0.2) is 5.76 Å². The van der Waals surface area contributed by atoms with Gasteiger partial charge in [0.25, 0.3) is 0 Å². The van der Waals surface area contributed by atoms with E-state index in [-0.39, 0.29) is 11.3 Å². The second-order valence-corrected chi connectivity index (χ2v) is 7.40. The minimum absolute atomic E-state index is 0.148. The smallest absolute Gasteiger partial charge is 0.235 e. The van der Waals surface area contributed by atoms with Crippen LogP contribution in [0.3, 0.4) is 0 Å². The molecule has 5 nitrogen and oxygen atoms in total. The summed E-state index contributed by atoms with van der Waals surface area (Å²) in [5, 5.41) is 7.26. The summed E-state index contributed by atoms with van der Waals surface area (Å²) in [6.45, 7) is 2.45. The van der Waals surface area contributed by atoms with E-state index in [1.807, 2.05) is 54.6 Å². The highest BCUT2D eigenvalue weighted by Gasteiger charge is 2.48. The molecule has 27 heavy (non-hydrogen) atoms. The number of hydrogen-bond donors (Lipinski definition) is 1. The lowest BCUT2D eigenvalue weighted by atomic mass is 9.73. The van der Waals surface area contributed by atoms with Crippen LogP contribution in [0.1, 0.15) is 24.2 Å². The third-order valence-corrected chi connectivity index (χ3v) is 5.84. The number of nitrogens with zero attached hydrogens (tertiary/aromatic N) is 2. The average Bonchev–Trinajstić information content (AvgIpc) is 3.28. The number of fused-ring (bicyclic) bond motifs is 2. The van der Waals surface area contributed by atoms with Crippen molar-refractivity contribution in [3.8, 4) is 11.3 Å². The molecule has 5 heteroatoms. The van der Waals surface area contributed by atoms with E-state index in [0.29, 0.717) is 0 Å². The summed E-state index contributed by atoms with van der Waals surface area (Å²) in [6, 6.07) is 20.1. The molecular formula is C22H21N3O2. The number of carbonyl (C=O) groups is 1. The monoisotopic (exact) mass is 359 g/mol. The summed E-state index contributed by atoms with van der Waals surface area (Å²) in [5.41, 5.74) is 3.68. The molecule has 1 N–H and O–H groups in total. The highest BCUT2D eigenvalue weighted by Crippen LogP contribution is 2.44. The average molecular weight is 359 g/mol. The van der Waals surface area contributed by atoms with Crippen LogP contribution >= 0.6 is 0 Å². The summed E-state index contributed by atoms with van der Waals surface area (Å²) in [4.78, 5) is 15.0. The molecule has 1 fully saturated rings. The van der Waals surface area contributed by atoms with Crippen LogP contribution in [0.4, 0.5) is 5.69 Å². The van der Waals surface area contributed by atoms with Gasteiger partial charge in [0.05, 0.1) is 12.0 Å². The second-order valence-electron chi connectivity index (χ2n) is 7.40. The van der Waals surface area contributed by atoms with Crippen molar-refractivity contribution in [3.05, 3.63) is 72.0 Å². The zero-order valence-electron chi connectivity index (χ0n) is 15.0. The minimum atomic E-state index is -0.371. The Hall–Kier alpha value is -2.92. The lowest BCUT2D eigenvalue weighted by molar-refractivity contribution is -0.122. The predicted molar refractivity (Wildman–Crippen MR) is 103 cm³/mol. The van der Waals surface area contributed by atoms with Crippen molar-refractivity contribution in [3.63, 3.8) is 0 Å². The van der Waals surface area contributed by atoms with Gasteiger partial charge < -0.3 is 9.84 Å². The van der Waals surface area contributed by atoms with Crippen LogP contribution in [0, 0.1) is 0 Å². The predicted octanol–water partition coefficient (Wildman–Crippen LogP) is 3.83. The molecule has 1 amide bonds. The van der Waals surface area contributed by atoms with Crippen molar-refractivity contribution in [1.82, 2.24) is 10.1 Å². The number of para-hydroxylation sites is 1. The SMILES string of the molecule is O=C1Nc2ccccc2C12CCN(Cc1cc(-c3ccccc3)no1)CC2. The molecule has 2 aliphatic heterocycles. The van der Waals surface area contributed by atoms with Crippen LogP contribution in [0.5, 0.6) is 0 Å². The first-order chi connectivity index (χ1) is 13.2. The van der Waals surface area contributed by atoms with E-state index in [2.05, 4.69) is 21.4 Å². The highest BCUT2D eigenvalue weighted by molar-refractivity contribution is 6.06. The molecular weight excluding hydrogens is 338 g/mol. The maximum Gasteiger partial charge on any atom is 0.235 e. The Morgan fingerprint density at radius 3 is 2.59 bits per heavy atom. The highest BCUT2D eigenvalue weighted by atomic mass is 16.5. The number of nitrogens with one attached hydrogen (secondary N) is 1. The molecule has 0 radical (unpaired) electrons. The molecule has 3 heterocycles. The van der Waals surface area contributed by atoms with E-state index in [0.717, 1.165) is 60.7 Å². The Balaban J connectivity index is 1.28. The molecule has 0 aliphatic carbocycles. The molecule has 1 aromatic heterocycles. The molecule has 136 valence electrons. The first-order valence-electron chi connectivity index (χ1n) is 9.39. The van der Waals surface area contributed by atoms with E-state index in [4.69, 9.17) is 4.52 Å². The third-order valence-electron chi connectivity index (χ3n) is 5.84. The van der Waals surface area contributed by atoms with E-state index in [1.54, 1.807) is 0 Å². The van der Waals surface area contributed by atoms with Crippen LogP contribution < -0.4 is 5.32 Å². The fourth-order valence-electron chi connectivity index (χ4n) is 4.32. The summed E-state index contributed by atoms with van der Waals surface area (Å²) in [5.74, 6) is 1.01. The van der Waals surface area contributed by atoms with Gasteiger partial charge >= 0.3 is 0 Å². The number of piperidine rings is 1. The fourth-order valence-corrected chi connectivity index (χ4v) is 4.32. The van der Waals surface area contributed by atoms with Gasteiger partial charge in [0.2, 0.25) is 5.91 Å². The Morgan fingerprint density at radius 1 is 1.04 bits per heavy atom.